The van der Waals surface area contributed by atoms with E-state index in [1.165, 1.54) is 20.0 Å². The second-order valence-corrected chi connectivity index (χ2v) is 9.88. The largest absolute Gasteiger partial charge is 0.469 e. The summed E-state index contributed by atoms with van der Waals surface area (Å²) in [6, 6.07) is 12.6. The molecule has 0 fully saturated rings. The van der Waals surface area contributed by atoms with E-state index in [-0.39, 0.29) is 18.2 Å². The molecule has 2 heterocycles. The zero-order chi connectivity index (χ0) is 27.1. The minimum atomic E-state index is -0.719. The molecule has 1 aromatic heterocycles. The van der Waals surface area contributed by atoms with Crippen molar-refractivity contribution in [1.29, 1.82) is 0 Å². The van der Waals surface area contributed by atoms with Crippen LogP contribution < -0.4 is 5.32 Å². The lowest BCUT2D eigenvalue weighted by Crippen LogP contribution is -2.39. The summed E-state index contributed by atoms with van der Waals surface area (Å²) >= 11 is 0. The van der Waals surface area contributed by atoms with Gasteiger partial charge in [-0.25, -0.2) is 4.98 Å². The van der Waals surface area contributed by atoms with Crippen LogP contribution in [0.1, 0.15) is 67.2 Å². The monoisotopic (exact) mass is 519 g/mol. The molecule has 38 heavy (non-hydrogen) atoms. The minimum Gasteiger partial charge on any atom is -0.469 e. The Hall–Kier alpha value is -3.88. The van der Waals surface area contributed by atoms with E-state index in [4.69, 9.17) is 4.74 Å². The Morgan fingerprint density at radius 1 is 1.13 bits per heavy atom. The fourth-order valence-corrected chi connectivity index (χ4v) is 4.84. The number of para-hydroxylation sites is 2. The molecule has 0 saturated carbocycles. The third-order valence-electron chi connectivity index (χ3n) is 6.96. The average Bonchev–Trinajstić information content (AvgIpc) is 3.29. The summed E-state index contributed by atoms with van der Waals surface area (Å²) in [6.07, 6.45) is 5.44. The molecule has 2 N–H and O–H groups in total. The second kappa shape index (κ2) is 12.6. The Balaban J connectivity index is 1.55. The highest BCUT2D eigenvalue weighted by Crippen LogP contribution is 2.26. The van der Waals surface area contributed by atoms with Gasteiger partial charge in [0.25, 0.3) is 5.91 Å². The van der Waals surface area contributed by atoms with Gasteiger partial charge in [-0.2, -0.15) is 0 Å². The highest BCUT2D eigenvalue weighted by atomic mass is 16.5. The van der Waals surface area contributed by atoms with Crippen molar-refractivity contribution in [3.05, 3.63) is 59.4 Å². The number of carbonyl (C=O) groups excluding carboxylic acids is 3. The number of carbonyl (C=O) groups is 3. The van der Waals surface area contributed by atoms with Crippen LogP contribution in [0.2, 0.25) is 0 Å². The number of methoxy groups -OCH3 is 1. The van der Waals surface area contributed by atoms with Crippen LogP contribution in [0.4, 0.5) is 5.69 Å². The Labute approximate surface area is 223 Å². The molecule has 0 unspecified atom stereocenters. The lowest BCUT2D eigenvalue weighted by molar-refractivity contribution is -0.143. The number of aromatic nitrogens is 2. The van der Waals surface area contributed by atoms with Gasteiger partial charge in [-0.3, -0.25) is 14.4 Å². The third kappa shape index (κ3) is 6.51. The molecule has 2 aromatic carbocycles. The number of nitrogens with zero attached hydrogens (tertiary/aromatic N) is 3. The zero-order valence-corrected chi connectivity index (χ0v) is 22.5. The molecular formula is C29H37N5O4. The van der Waals surface area contributed by atoms with Gasteiger partial charge >= 0.3 is 5.97 Å². The topological polar surface area (TPSA) is 108 Å². The van der Waals surface area contributed by atoms with Crippen molar-refractivity contribution < 1.29 is 19.1 Å². The number of hydrogen-bond acceptors (Lipinski definition) is 6. The zero-order valence-electron chi connectivity index (χ0n) is 22.5. The molecule has 0 spiro atoms. The van der Waals surface area contributed by atoms with Crippen molar-refractivity contribution in [2.75, 3.05) is 26.0 Å². The molecule has 9 heteroatoms. The van der Waals surface area contributed by atoms with Gasteiger partial charge in [-0.05, 0) is 42.3 Å². The van der Waals surface area contributed by atoms with Crippen LogP contribution in [0.15, 0.2) is 42.5 Å². The number of aromatic amines is 1. The van der Waals surface area contributed by atoms with E-state index >= 15 is 0 Å². The summed E-state index contributed by atoms with van der Waals surface area (Å²) in [7, 11) is 3.00. The molecule has 202 valence electrons. The fraction of sp³-hybridized carbons (Fsp3) is 0.448. The minimum absolute atomic E-state index is 0.0664. The van der Waals surface area contributed by atoms with Crippen molar-refractivity contribution in [2.24, 2.45) is 0 Å². The summed E-state index contributed by atoms with van der Waals surface area (Å²) < 4.78 is 4.76. The number of amides is 2. The predicted octanol–water partition coefficient (Wildman–Crippen LogP) is 4.49. The van der Waals surface area contributed by atoms with Crippen LogP contribution in [0.25, 0.3) is 11.0 Å². The standard InChI is InChI=1S/C29H37N5O4/c1-4-5-6-7-10-15-34(19-26-31-23-11-8-9-12-24(23)32-26)28(36)20-13-14-22-21(16-20)18-33(2)29(37)25(30-22)17-27(35)38-3/h8-9,11-14,16,25,30H,4-7,10,15,17-19H2,1-3H3,(H,31,32)/t25-/m1/s1. The van der Waals surface area contributed by atoms with E-state index in [1.807, 2.05) is 41.3 Å². The lowest BCUT2D eigenvalue weighted by atomic mass is 10.1. The van der Waals surface area contributed by atoms with Crippen molar-refractivity contribution in [3.8, 4) is 0 Å². The van der Waals surface area contributed by atoms with Crippen LogP contribution in [0.3, 0.4) is 0 Å². The van der Waals surface area contributed by atoms with Crippen LogP contribution in [0.5, 0.6) is 0 Å². The molecule has 1 aliphatic heterocycles. The quantitative estimate of drug-likeness (QED) is 0.286. The first-order chi connectivity index (χ1) is 18.4. The molecule has 4 rings (SSSR count). The average molecular weight is 520 g/mol. The Morgan fingerprint density at radius 2 is 1.92 bits per heavy atom. The maximum atomic E-state index is 13.8. The van der Waals surface area contributed by atoms with E-state index in [9.17, 15) is 14.4 Å². The molecular weight excluding hydrogens is 482 g/mol. The predicted molar refractivity (Wildman–Crippen MR) is 147 cm³/mol. The van der Waals surface area contributed by atoms with Crippen molar-refractivity contribution in [3.63, 3.8) is 0 Å². The molecule has 1 aliphatic rings. The number of likely N-dealkylation sites (N-methyl/N-ethyl adjacent to an activating group) is 1. The number of anilines is 1. The van der Waals surface area contributed by atoms with Crippen LogP contribution in [0, 0.1) is 0 Å². The lowest BCUT2D eigenvalue weighted by Gasteiger charge is -2.23. The number of H-pyrrole nitrogens is 1. The van der Waals surface area contributed by atoms with Crippen molar-refractivity contribution in [2.45, 2.75) is 64.6 Å². The van der Waals surface area contributed by atoms with E-state index in [0.29, 0.717) is 25.2 Å². The number of unbranched alkanes of at least 4 members (excludes halogenated alkanes) is 4. The molecule has 9 nitrogen and oxygen atoms in total. The molecule has 0 bridgehead atoms. The van der Waals surface area contributed by atoms with Crippen molar-refractivity contribution >= 4 is 34.5 Å². The number of imidazole rings is 1. The van der Waals surface area contributed by atoms with Crippen molar-refractivity contribution in [1.82, 2.24) is 19.8 Å². The number of fused-ring (bicyclic) bond motifs is 2. The van der Waals surface area contributed by atoms with E-state index in [1.54, 1.807) is 18.0 Å². The highest BCUT2D eigenvalue weighted by Gasteiger charge is 2.30. The Morgan fingerprint density at radius 3 is 2.68 bits per heavy atom. The summed E-state index contributed by atoms with van der Waals surface area (Å²) in [6.45, 7) is 3.54. The number of nitrogens with one attached hydrogen (secondary N) is 2. The highest BCUT2D eigenvalue weighted by molar-refractivity contribution is 5.96. The van der Waals surface area contributed by atoms with E-state index < -0.39 is 12.0 Å². The normalized spacial score (nSPS) is 15.1. The van der Waals surface area contributed by atoms with Gasteiger partial charge in [0.1, 0.15) is 11.9 Å². The maximum Gasteiger partial charge on any atom is 0.308 e. The maximum absolute atomic E-state index is 13.8. The van der Waals surface area contributed by atoms with Gasteiger partial charge in [0, 0.05) is 31.4 Å². The molecule has 2 amide bonds. The van der Waals surface area contributed by atoms with E-state index in [2.05, 4.69) is 22.2 Å². The number of rotatable bonds is 11. The summed E-state index contributed by atoms with van der Waals surface area (Å²) in [5.41, 5.74) is 3.94. The molecule has 1 atom stereocenters. The van der Waals surface area contributed by atoms with Gasteiger partial charge in [0.2, 0.25) is 5.91 Å². The Bertz CT molecular complexity index is 1250. The van der Waals surface area contributed by atoms with Crippen LogP contribution in [-0.2, 0) is 27.4 Å². The number of benzene rings is 2. The van der Waals surface area contributed by atoms with Gasteiger partial charge in [0.15, 0.2) is 0 Å². The Kier molecular flexibility index (Phi) is 8.99. The molecule has 0 radical (unpaired) electrons. The second-order valence-electron chi connectivity index (χ2n) is 9.88. The first kappa shape index (κ1) is 27.2. The molecule has 0 saturated heterocycles. The molecule has 3 aromatic rings. The van der Waals surface area contributed by atoms with Crippen LogP contribution in [-0.4, -0.2) is 64.3 Å². The summed E-state index contributed by atoms with van der Waals surface area (Å²) in [5, 5.41) is 3.18. The van der Waals surface area contributed by atoms with Crippen LogP contribution >= 0.6 is 0 Å². The van der Waals surface area contributed by atoms with Gasteiger partial charge < -0.3 is 24.8 Å². The SMILES string of the molecule is CCCCCCCN(Cc1nc2ccccc2[nH]1)C(=O)c1ccc2c(c1)CN(C)C(=O)[C@@H](CC(=O)OC)N2. The first-order valence-corrected chi connectivity index (χ1v) is 13.3. The smallest absolute Gasteiger partial charge is 0.308 e. The first-order valence-electron chi connectivity index (χ1n) is 13.3. The third-order valence-corrected chi connectivity index (χ3v) is 6.96. The number of hydrogen-bond donors (Lipinski definition) is 2. The van der Waals surface area contributed by atoms with Gasteiger partial charge in [-0.1, -0.05) is 44.7 Å². The number of esters is 1. The van der Waals surface area contributed by atoms with Gasteiger partial charge in [0.05, 0.1) is 31.1 Å². The summed E-state index contributed by atoms with van der Waals surface area (Å²) in [4.78, 5) is 49.9. The number of ether oxygens (including phenoxy) is 1. The summed E-state index contributed by atoms with van der Waals surface area (Å²) in [5.74, 6) is 0.0198. The van der Waals surface area contributed by atoms with Gasteiger partial charge in [-0.15, -0.1) is 0 Å². The van der Waals surface area contributed by atoms with E-state index in [0.717, 1.165) is 47.4 Å². The fourth-order valence-electron chi connectivity index (χ4n) is 4.84. The molecule has 0 aliphatic carbocycles.